The first-order chi connectivity index (χ1) is 10.2. The number of aromatic nitrogens is 2. The van der Waals surface area contributed by atoms with E-state index in [4.69, 9.17) is 14.4 Å². The number of hydrogen-bond donors (Lipinski definition) is 1. The molecule has 1 aliphatic rings. The second-order valence-electron chi connectivity index (χ2n) is 5.20. The number of carboxylic acids is 1. The summed E-state index contributed by atoms with van der Waals surface area (Å²) in [7, 11) is 1.59. The van der Waals surface area contributed by atoms with Gasteiger partial charge in [0.05, 0.1) is 18.6 Å². The lowest BCUT2D eigenvalue weighted by Gasteiger charge is -2.04. The lowest BCUT2D eigenvalue weighted by Crippen LogP contribution is -2.09. The Morgan fingerprint density at radius 3 is 2.90 bits per heavy atom. The Kier molecular flexibility index (Phi) is 3.60. The molecule has 1 fully saturated rings. The average Bonchev–Trinajstić information content (AvgIpc) is 3.16. The van der Waals surface area contributed by atoms with Crippen LogP contribution in [0.1, 0.15) is 31.1 Å². The van der Waals surface area contributed by atoms with Crippen molar-refractivity contribution in [3.8, 4) is 17.1 Å². The fourth-order valence-electron chi connectivity index (χ4n) is 2.77. The molecule has 0 amide bonds. The van der Waals surface area contributed by atoms with Crippen molar-refractivity contribution in [2.24, 2.45) is 5.92 Å². The van der Waals surface area contributed by atoms with Gasteiger partial charge in [-0.25, -0.2) is 0 Å². The van der Waals surface area contributed by atoms with Crippen LogP contribution in [0.3, 0.4) is 0 Å². The fraction of sp³-hybridized carbons (Fsp3) is 0.400. The van der Waals surface area contributed by atoms with Gasteiger partial charge in [0.1, 0.15) is 5.75 Å². The van der Waals surface area contributed by atoms with Crippen molar-refractivity contribution in [3.05, 3.63) is 30.2 Å². The lowest BCUT2D eigenvalue weighted by atomic mass is 10.1. The van der Waals surface area contributed by atoms with Crippen molar-refractivity contribution in [2.45, 2.75) is 25.2 Å². The van der Waals surface area contributed by atoms with E-state index in [1.54, 1.807) is 7.11 Å². The number of methoxy groups -OCH3 is 1. The molecule has 0 spiro atoms. The SMILES string of the molecule is COc1ccccc1-c1noc(C2CCC(C(=O)O)C2)n1. The van der Waals surface area contributed by atoms with Crippen molar-refractivity contribution in [1.29, 1.82) is 0 Å². The minimum atomic E-state index is -0.748. The highest BCUT2D eigenvalue weighted by Crippen LogP contribution is 2.38. The monoisotopic (exact) mass is 288 g/mol. The van der Waals surface area contributed by atoms with Gasteiger partial charge in [0, 0.05) is 5.92 Å². The van der Waals surface area contributed by atoms with Crippen LogP contribution in [0.5, 0.6) is 5.75 Å². The summed E-state index contributed by atoms with van der Waals surface area (Å²) in [5.41, 5.74) is 0.766. The molecule has 6 heteroatoms. The van der Waals surface area contributed by atoms with Gasteiger partial charge < -0.3 is 14.4 Å². The molecule has 1 heterocycles. The predicted molar refractivity (Wildman–Crippen MR) is 74.0 cm³/mol. The molecule has 0 saturated heterocycles. The van der Waals surface area contributed by atoms with Crippen molar-refractivity contribution in [1.82, 2.24) is 10.1 Å². The minimum absolute atomic E-state index is 0.0297. The van der Waals surface area contributed by atoms with Crippen molar-refractivity contribution in [3.63, 3.8) is 0 Å². The first-order valence-electron chi connectivity index (χ1n) is 6.89. The topological polar surface area (TPSA) is 85.5 Å². The Morgan fingerprint density at radius 2 is 2.19 bits per heavy atom. The van der Waals surface area contributed by atoms with E-state index in [2.05, 4.69) is 10.1 Å². The third-order valence-electron chi connectivity index (χ3n) is 3.92. The van der Waals surface area contributed by atoms with Gasteiger partial charge in [0.15, 0.2) is 0 Å². The first kappa shape index (κ1) is 13.6. The summed E-state index contributed by atoms with van der Waals surface area (Å²) in [5, 5.41) is 13.0. The minimum Gasteiger partial charge on any atom is -0.496 e. The summed E-state index contributed by atoms with van der Waals surface area (Å²) in [6.07, 6.45) is 1.99. The molecule has 1 aliphatic carbocycles. The van der Waals surface area contributed by atoms with Crippen LogP contribution in [-0.4, -0.2) is 28.3 Å². The molecule has 2 unspecified atom stereocenters. The van der Waals surface area contributed by atoms with Crippen LogP contribution in [0.15, 0.2) is 28.8 Å². The number of hydrogen-bond acceptors (Lipinski definition) is 5. The van der Waals surface area contributed by atoms with Gasteiger partial charge in [-0.15, -0.1) is 0 Å². The van der Waals surface area contributed by atoms with Crippen molar-refractivity contribution in [2.75, 3.05) is 7.11 Å². The molecule has 2 atom stereocenters. The maximum atomic E-state index is 11.0. The molecule has 1 N–H and O–H groups in total. The second kappa shape index (κ2) is 5.55. The summed E-state index contributed by atoms with van der Waals surface area (Å²) in [5.74, 6) is 0.640. The molecule has 21 heavy (non-hydrogen) atoms. The Morgan fingerprint density at radius 1 is 1.38 bits per heavy atom. The molecule has 0 bridgehead atoms. The number of para-hydroxylation sites is 1. The molecular weight excluding hydrogens is 272 g/mol. The van der Waals surface area contributed by atoms with E-state index in [1.165, 1.54) is 0 Å². The second-order valence-corrected chi connectivity index (χ2v) is 5.20. The number of carboxylic acid groups (broad SMARTS) is 1. The van der Waals surface area contributed by atoms with Gasteiger partial charge in [-0.1, -0.05) is 17.3 Å². The molecule has 2 aromatic rings. The van der Waals surface area contributed by atoms with E-state index >= 15 is 0 Å². The Hall–Kier alpha value is -2.37. The van der Waals surface area contributed by atoms with Gasteiger partial charge in [-0.05, 0) is 31.4 Å². The molecular formula is C15H16N2O4. The van der Waals surface area contributed by atoms with Crippen LogP contribution < -0.4 is 4.74 Å². The fourth-order valence-corrected chi connectivity index (χ4v) is 2.77. The first-order valence-corrected chi connectivity index (χ1v) is 6.89. The highest BCUT2D eigenvalue weighted by molar-refractivity contribution is 5.70. The van der Waals surface area contributed by atoms with Crippen LogP contribution in [-0.2, 0) is 4.79 Å². The van der Waals surface area contributed by atoms with Crippen LogP contribution >= 0.6 is 0 Å². The van der Waals surface area contributed by atoms with E-state index in [9.17, 15) is 4.79 Å². The molecule has 0 radical (unpaired) electrons. The van der Waals surface area contributed by atoms with E-state index < -0.39 is 5.97 Å². The Balaban J connectivity index is 1.82. The molecule has 1 aromatic heterocycles. The highest BCUT2D eigenvalue weighted by atomic mass is 16.5. The molecule has 1 saturated carbocycles. The smallest absolute Gasteiger partial charge is 0.306 e. The van der Waals surface area contributed by atoms with Crippen LogP contribution in [0, 0.1) is 5.92 Å². The van der Waals surface area contributed by atoms with Gasteiger partial charge in [0.2, 0.25) is 11.7 Å². The van der Waals surface area contributed by atoms with Crippen molar-refractivity contribution >= 4 is 5.97 Å². The van der Waals surface area contributed by atoms with Crippen molar-refractivity contribution < 1.29 is 19.2 Å². The van der Waals surface area contributed by atoms with Gasteiger partial charge in [0.25, 0.3) is 0 Å². The third kappa shape index (κ3) is 2.61. The number of benzene rings is 1. The number of aliphatic carboxylic acids is 1. The van der Waals surface area contributed by atoms with E-state index in [0.717, 1.165) is 12.0 Å². The Bertz CT molecular complexity index is 653. The zero-order valence-electron chi connectivity index (χ0n) is 11.7. The largest absolute Gasteiger partial charge is 0.496 e. The molecule has 110 valence electrons. The third-order valence-corrected chi connectivity index (χ3v) is 3.92. The highest BCUT2D eigenvalue weighted by Gasteiger charge is 2.34. The number of carbonyl (C=O) groups is 1. The van der Waals surface area contributed by atoms with E-state index in [-0.39, 0.29) is 11.8 Å². The maximum absolute atomic E-state index is 11.0. The van der Waals surface area contributed by atoms with Gasteiger partial charge in [-0.3, -0.25) is 4.79 Å². The summed E-state index contributed by atoms with van der Waals surface area (Å²) < 4.78 is 10.6. The number of rotatable bonds is 4. The van der Waals surface area contributed by atoms with Gasteiger partial charge in [-0.2, -0.15) is 4.98 Å². The summed E-state index contributed by atoms with van der Waals surface area (Å²) in [6.45, 7) is 0. The molecule has 3 rings (SSSR count). The van der Waals surface area contributed by atoms with Gasteiger partial charge >= 0.3 is 5.97 Å². The molecule has 1 aromatic carbocycles. The standard InChI is InChI=1S/C15H16N2O4/c1-20-12-5-3-2-4-11(12)13-16-14(21-17-13)9-6-7-10(8-9)15(18)19/h2-5,9-10H,6-8H2,1H3,(H,18,19). The summed E-state index contributed by atoms with van der Waals surface area (Å²) >= 11 is 0. The lowest BCUT2D eigenvalue weighted by molar-refractivity contribution is -0.141. The van der Waals surface area contributed by atoms with Crippen LogP contribution in [0.2, 0.25) is 0 Å². The summed E-state index contributed by atoms with van der Waals surface area (Å²) in [6, 6.07) is 7.45. The van der Waals surface area contributed by atoms with E-state index in [1.807, 2.05) is 24.3 Å². The molecule has 6 nitrogen and oxygen atoms in total. The number of ether oxygens (including phenoxy) is 1. The van der Waals surface area contributed by atoms with Crippen LogP contribution in [0.4, 0.5) is 0 Å². The van der Waals surface area contributed by atoms with Crippen LogP contribution in [0.25, 0.3) is 11.4 Å². The quantitative estimate of drug-likeness (QED) is 0.931. The normalized spacial score (nSPS) is 21.4. The average molecular weight is 288 g/mol. The Labute approximate surface area is 121 Å². The summed E-state index contributed by atoms with van der Waals surface area (Å²) in [4.78, 5) is 15.4. The predicted octanol–water partition coefficient (Wildman–Crippen LogP) is 2.71. The zero-order valence-corrected chi connectivity index (χ0v) is 11.7. The van der Waals surface area contributed by atoms with E-state index in [0.29, 0.717) is 30.3 Å². The zero-order chi connectivity index (χ0) is 14.8. The number of nitrogens with zero attached hydrogens (tertiary/aromatic N) is 2. The molecule has 0 aliphatic heterocycles. The maximum Gasteiger partial charge on any atom is 0.306 e.